The Morgan fingerprint density at radius 3 is 2.06 bits per heavy atom. The van der Waals surface area contributed by atoms with Crippen LogP contribution in [0.2, 0.25) is 0 Å². The van der Waals surface area contributed by atoms with Crippen LogP contribution in [0, 0.1) is 0 Å². The number of hydrogen-bond acceptors (Lipinski definition) is 2. The van der Waals surface area contributed by atoms with Crippen molar-refractivity contribution < 1.29 is 5.21 Å². The van der Waals surface area contributed by atoms with Gasteiger partial charge in [0.05, 0.1) is 13.1 Å². The molecule has 0 aliphatic heterocycles. The molecular weight excluding hydrogens is 224 g/mol. The molecule has 2 rings (SSSR count). The number of hydroxylamine groups is 2. The van der Waals surface area contributed by atoms with Gasteiger partial charge in [-0.2, -0.15) is 0 Å². The van der Waals surface area contributed by atoms with Crippen molar-refractivity contribution in [1.29, 1.82) is 0 Å². The second kappa shape index (κ2) is 6.57. The Balaban J connectivity index is 1.82. The van der Waals surface area contributed by atoms with Crippen molar-refractivity contribution >= 4 is 6.34 Å². The molecule has 0 bridgehead atoms. The number of rotatable bonds is 5. The lowest BCUT2D eigenvalue weighted by molar-refractivity contribution is -0.0167. The maximum absolute atomic E-state index is 9.66. The van der Waals surface area contributed by atoms with E-state index >= 15 is 0 Å². The van der Waals surface area contributed by atoms with Crippen LogP contribution in [0.4, 0.5) is 0 Å². The molecule has 2 aromatic rings. The Hall–Kier alpha value is -2.13. The van der Waals surface area contributed by atoms with Gasteiger partial charge in [-0.25, -0.2) is 5.06 Å². The molecule has 0 radical (unpaired) electrons. The first-order valence-electron chi connectivity index (χ1n) is 5.88. The maximum Gasteiger partial charge on any atom is 0.111 e. The van der Waals surface area contributed by atoms with Gasteiger partial charge < -0.3 is 0 Å². The first-order valence-corrected chi connectivity index (χ1v) is 5.88. The summed E-state index contributed by atoms with van der Waals surface area (Å²) < 4.78 is 0. The highest BCUT2D eigenvalue weighted by Gasteiger charge is 1.96. The zero-order valence-corrected chi connectivity index (χ0v) is 10.1. The quantitative estimate of drug-likeness (QED) is 0.495. The number of nitrogens with zero attached hydrogens (tertiary/aromatic N) is 2. The number of benzene rings is 2. The van der Waals surface area contributed by atoms with Crippen LogP contribution in [0.5, 0.6) is 0 Å². The molecule has 0 spiro atoms. The summed E-state index contributed by atoms with van der Waals surface area (Å²) in [7, 11) is 0. The molecule has 3 nitrogen and oxygen atoms in total. The van der Waals surface area contributed by atoms with Gasteiger partial charge in [-0.1, -0.05) is 60.7 Å². The predicted octanol–water partition coefficient (Wildman–Crippen LogP) is 3.11. The molecule has 18 heavy (non-hydrogen) atoms. The average Bonchev–Trinajstić information content (AvgIpc) is 2.41. The third kappa shape index (κ3) is 4.03. The van der Waals surface area contributed by atoms with Gasteiger partial charge in [0, 0.05) is 0 Å². The number of aliphatic imine (C=N–C) groups is 1. The van der Waals surface area contributed by atoms with Gasteiger partial charge in [0.2, 0.25) is 0 Å². The van der Waals surface area contributed by atoms with E-state index in [2.05, 4.69) is 4.99 Å². The number of hydrogen-bond donors (Lipinski definition) is 1. The Kier molecular flexibility index (Phi) is 4.50. The first kappa shape index (κ1) is 12.3. The van der Waals surface area contributed by atoms with E-state index in [1.54, 1.807) is 0 Å². The van der Waals surface area contributed by atoms with Crippen LogP contribution < -0.4 is 0 Å². The van der Waals surface area contributed by atoms with Crippen molar-refractivity contribution in [3.63, 3.8) is 0 Å². The van der Waals surface area contributed by atoms with E-state index in [9.17, 15) is 5.21 Å². The summed E-state index contributed by atoms with van der Waals surface area (Å²) in [6, 6.07) is 19.7. The van der Waals surface area contributed by atoms with Crippen LogP contribution in [0.15, 0.2) is 65.7 Å². The molecule has 0 fully saturated rings. The molecule has 2 aromatic carbocycles. The average molecular weight is 240 g/mol. The van der Waals surface area contributed by atoms with Gasteiger partial charge in [-0.3, -0.25) is 10.2 Å². The van der Waals surface area contributed by atoms with Crippen LogP contribution in [-0.2, 0) is 13.1 Å². The molecule has 0 amide bonds. The fraction of sp³-hybridized carbons (Fsp3) is 0.133. The van der Waals surface area contributed by atoms with Crippen molar-refractivity contribution in [2.24, 2.45) is 4.99 Å². The zero-order chi connectivity index (χ0) is 12.6. The minimum atomic E-state index is 0.444. The molecular formula is C15H16N2O. The van der Waals surface area contributed by atoms with E-state index in [0.717, 1.165) is 16.2 Å². The van der Waals surface area contributed by atoms with Crippen LogP contribution in [-0.4, -0.2) is 16.6 Å². The Labute approximate surface area is 107 Å². The molecule has 0 saturated carbocycles. The monoisotopic (exact) mass is 240 g/mol. The van der Waals surface area contributed by atoms with Crippen LogP contribution in [0.1, 0.15) is 11.1 Å². The smallest absolute Gasteiger partial charge is 0.111 e. The van der Waals surface area contributed by atoms with E-state index in [0.29, 0.717) is 13.1 Å². The predicted molar refractivity (Wildman–Crippen MR) is 72.4 cm³/mol. The van der Waals surface area contributed by atoms with Crippen molar-refractivity contribution in [1.82, 2.24) is 5.06 Å². The summed E-state index contributed by atoms with van der Waals surface area (Å²) in [5, 5.41) is 10.8. The molecule has 92 valence electrons. The van der Waals surface area contributed by atoms with E-state index in [4.69, 9.17) is 0 Å². The van der Waals surface area contributed by atoms with Gasteiger partial charge in [0.15, 0.2) is 0 Å². The molecule has 0 saturated heterocycles. The van der Waals surface area contributed by atoms with Gasteiger partial charge >= 0.3 is 0 Å². The SMILES string of the molecule is ON(/C=N/Cc1ccccc1)Cc1ccccc1. The van der Waals surface area contributed by atoms with Gasteiger partial charge in [-0.15, -0.1) is 0 Å². The van der Waals surface area contributed by atoms with Crippen LogP contribution in [0.3, 0.4) is 0 Å². The molecule has 0 atom stereocenters. The highest BCUT2D eigenvalue weighted by atomic mass is 16.5. The summed E-state index contributed by atoms with van der Waals surface area (Å²) in [6.45, 7) is 1.02. The summed E-state index contributed by atoms with van der Waals surface area (Å²) >= 11 is 0. The molecule has 0 aliphatic carbocycles. The topological polar surface area (TPSA) is 35.8 Å². The van der Waals surface area contributed by atoms with E-state index in [1.807, 2.05) is 60.7 Å². The molecule has 0 aliphatic rings. The largest absolute Gasteiger partial charge is 0.287 e. The fourth-order valence-corrected chi connectivity index (χ4v) is 1.64. The zero-order valence-electron chi connectivity index (χ0n) is 10.1. The van der Waals surface area contributed by atoms with Crippen molar-refractivity contribution in [2.75, 3.05) is 0 Å². The van der Waals surface area contributed by atoms with Gasteiger partial charge in [-0.05, 0) is 11.1 Å². The van der Waals surface area contributed by atoms with Crippen LogP contribution >= 0.6 is 0 Å². The second-order valence-electron chi connectivity index (χ2n) is 4.02. The van der Waals surface area contributed by atoms with Gasteiger partial charge in [0.1, 0.15) is 6.34 Å². The Morgan fingerprint density at radius 1 is 0.889 bits per heavy atom. The lowest BCUT2D eigenvalue weighted by Crippen LogP contribution is -2.16. The van der Waals surface area contributed by atoms with E-state index in [-0.39, 0.29) is 0 Å². The summed E-state index contributed by atoms with van der Waals surface area (Å²) in [5.74, 6) is 0. The highest BCUT2D eigenvalue weighted by molar-refractivity contribution is 5.53. The fourth-order valence-electron chi connectivity index (χ4n) is 1.64. The Morgan fingerprint density at radius 2 is 1.44 bits per heavy atom. The lowest BCUT2D eigenvalue weighted by Gasteiger charge is -2.10. The van der Waals surface area contributed by atoms with Crippen molar-refractivity contribution in [3.05, 3.63) is 71.8 Å². The molecule has 0 heterocycles. The molecule has 0 unspecified atom stereocenters. The third-order valence-electron chi connectivity index (χ3n) is 2.52. The maximum atomic E-state index is 9.66. The van der Waals surface area contributed by atoms with Gasteiger partial charge in [0.25, 0.3) is 0 Å². The lowest BCUT2D eigenvalue weighted by atomic mass is 10.2. The van der Waals surface area contributed by atoms with Crippen LogP contribution in [0.25, 0.3) is 0 Å². The molecule has 3 heteroatoms. The van der Waals surface area contributed by atoms with Crippen molar-refractivity contribution in [3.8, 4) is 0 Å². The van der Waals surface area contributed by atoms with E-state index in [1.165, 1.54) is 6.34 Å². The highest BCUT2D eigenvalue weighted by Crippen LogP contribution is 2.02. The normalized spacial score (nSPS) is 10.7. The third-order valence-corrected chi connectivity index (χ3v) is 2.52. The minimum Gasteiger partial charge on any atom is -0.287 e. The van der Waals surface area contributed by atoms with E-state index < -0.39 is 0 Å². The Bertz CT molecular complexity index is 482. The summed E-state index contributed by atoms with van der Waals surface area (Å²) in [5.41, 5.74) is 2.17. The minimum absolute atomic E-state index is 0.444. The molecule has 1 N–H and O–H groups in total. The summed E-state index contributed by atoms with van der Waals surface area (Å²) in [6.07, 6.45) is 1.46. The standard InChI is InChI=1S/C15H16N2O/c18-17(12-15-9-5-2-6-10-15)13-16-11-14-7-3-1-4-8-14/h1-10,13,18H,11-12H2/b16-13+. The first-order chi connectivity index (χ1) is 8.84. The summed E-state index contributed by atoms with van der Waals surface area (Å²) in [4.78, 5) is 4.19. The second-order valence-corrected chi connectivity index (χ2v) is 4.02. The van der Waals surface area contributed by atoms with Crippen molar-refractivity contribution in [2.45, 2.75) is 13.1 Å². The molecule has 0 aromatic heterocycles.